The van der Waals surface area contributed by atoms with Crippen molar-refractivity contribution in [2.45, 2.75) is 56.1 Å². The highest BCUT2D eigenvalue weighted by atomic mass is 31.2. The van der Waals surface area contributed by atoms with Gasteiger partial charge in [0.25, 0.3) is 5.56 Å². The van der Waals surface area contributed by atoms with Crippen LogP contribution in [-0.2, 0) is 36.7 Å². The zero-order valence-electron chi connectivity index (χ0n) is 24.7. The number of aliphatic hydroxyl groups is 1. The average molecular weight is 683 g/mol. The van der Waals surface area contributed by atoms with Gasteiger partial charge in [-0.2, -0.15) is 4.98 Å². The number of nitrogen functional groups attached to an aromatic ring is 2. The first kappa shape index (κ1) is 31.3. The van der Waals surface area contributed by atoms with Gasteiger partial charge in [0.15, 0.2) is 28.9 Å². The lowest BCUT2D eigenvalue weighted by Gasteiger charge is -2.33. The Labute approximate surface area is 260 Å². The lowest BCUT2D eigenvalue weighted by atomic mass is 9.87. The Kier molecular flexibility index (Phi) is 7.77. The normalized spacial score (nSPS) is 37.1. The maximum atomic E-state index is 14.0. The van der Waals surface area contributed by atoms with Crippen molar-refractivity contribution in [2.75, 3.05) is 38.5 Å². The third-order valence-electron chi connectivity index (χ3n) is 8.62. The molecule has 0 aromatic carbocycles. The molecule has 2 unspecified atom stereocenters. The van der Waals surface area contributed by atoms with Crippen molar-refractivity contribution in [3.05, 3.63) is 29.3 Å². The number of H-pyrrole nitrogens is 1. The first-order valence-electron chi connectivity index (χ1n) is 14.1. The molecule has 7 rings (SSSR count). The molecule has 1 aliphatic carbocycles. The molecule has 1 saturated carbocycles. The quantitative estimate of drug-likeness (QED) is 0.213. The summed E-state index contributed by atoms with van der Waals surface area (Å²) in [5.74, 6) is 0.0195. The van der Waals surface area contributed by atoms with Crippen LogP contribution in [0.25, 0.3) is 22.3 Å². The molecule has 3 aliphatic rings. The number of aromatic nitrogens is 8. The van der Waals surface area contributed by atoms with Crippen molar-refractivity contribution in [2.24, 2.45) is 5.41 Å². The van der Waals surface area contributed by atoms with Gasteiger partial charge >= 0.3 is 15.9 Å². The summed E-state index contributed by atoms with van der Waals surface area (Å²) in [5, 5.41) is 11.5. The van der Waals surface area contributed by atoms with Crippen LogP contribution < -0.4 is 17.0 Å². The van der Waals surface area contributed by atoms with Gasteiger partial charge in [0, 0.05) is 19.2 Å². The van der Waals surface area contributed by atoms with Crippen LogP contribution in [0.4, 0.5) is 11.8 Å². The molecule has 6 N–H and O–H groups in total. The third kappa shape index (κ3) is 5.23. The first-order chi connectivity index (χ1) is 21.9. The molecule has 248 valence electrons. The Balaban J connectivity index is 1.22. The summed E-state index contributed by atoms with van der Waals surface area (Å²) in [6.45, 7) is 2.51. The number of rotatable bonds is 3. The van der Waals surface area contributed by atoms with Gasteiger partial charge in [0.2, 0.25) is 5.95 Å². The summed E-state index contributed by atoms with van der Waals surface area (Å²) in [7, 11) is -5.80. The average Bonchev–Trinajstić information content (AvgIpc) is 3.75. The standard InChI is InChI=1S/C24H32N10O10P2/c1-24-4-10(33-8-29-12-18(25)27-7-28-19(12)33)14(35)17(24)43-45(37)40-5-11-15(39-2)16(44-46(3,38)41-6-24)22(42-11)34-9-30-13-20(34)31-23(26)32-21(13)36/h7-11,14-17,22,35,45H,4-6H2,1-3H3,(H2,25,27,28)(H3,26,31,32,36)/t10-,11-,14+,15-,16-,17+,22-,24-,46?/m1/s1. The van der Waals surface area contributed by atoms with Gasteiger partial charge < -0.3 is 44.2 Å². The van der Waals surface area contributed by atoms with Gasteiger partial charge in [-0.1, -0.05) is 6.92 Å². The Hall–Kier alpha value is -3.32. The minimum absolute atomic E-state index is 0.0119. The van der Waals surface area contributed by atoms with E-state index >= 15 is 0 Å². The van der Waals surface area contributed by atoms with Crippen LogP contribution in [0.15, 0.2) is 23.8 Å². The highest BCUT2D eigenvalue weighted by Gasteiger charge is 2.55. The van der Waals surface area contributed by atoms with E-state index in [0.29, 0.717) is 11.2 Å². The van der Waals surface area contributed by atoms with E-state index in [9.17, 15) is 19.0 Å². The van der Waals surface area contributed by atoms with Crippen molar-refractivity contribution in [1.82, 2.24) is 39.0 Å². The molecule has 3 fully saturated rings. The number of hydrogen-bond acceptors (Lipinski definition) is 17. The summed E-state index contributed by atoms with van der Waals surface area (Å²) in [6, 6.07) is -0.669. The molecule has 4 aromatic rings. The largest absolute Gasteiger partial charge is 0.388 e. The first-order valence-corrected chi connectivity index (χ1v) is 17.4. The molecule has 2 aliphatic heterocycles. The van der Waals surface area contributed by atoms with Gasteiger partial charge in [-0.25, -0.2) is 19.9 Å². The molecular formula is C24H32N10O10P2. The predicted octanol–water partition coefficient (Wildman–Crippen LogP) is 0.378. The third-order valence-corrected chi connectivity index (χ3v) is 10.7. The minimum atomic E-state index is -3.93. The maximum Gasteiger partial charge on any atom is 0.328 e. The molecule has 6 heterocycles. The van der Waals surface area contributed by atoms with Gasteiger partial charge in [0.1, 0.15) is 42.4 Å². The zero-order valence-corrected chi connectivity index (χ0v) is 26.6. The number of nitrogens with one attached hydrogen (secondary N) is 1. The number of imidazole rings is 2. The van der Waals surface area contributed by atoms with Gasteiger partial charge in [-0.3, -0.25) is 28.0 Å². The molecule has 4 aromatic heterocycles. The van der Waals surface area contributed by atoms with Crippen LogP contribution in [0, 0.1) is 5.41 Å². The van der Waals surface area contributed by atoms with E-state index in [2.05, 4.69) is 29.9 Å². The fraction of sp³-hybridized carbons (Fsp3) is 0.583. The number of methoxy groups -OCH3 is 1. The molecule has 46 heavy (non-hydrogen) atoms. The molecule has 0 radical (unpaired) electrons. The van der Waals surface area contributed by atoms with Crippen molar-refractivity contribution >= 4 is 49.9 Å². The lowest BCUT2D eigenvalue weighted by Crippen LogP contribution is -2.39. The minimum Gasteiger partial charge on any atom is -0.388 e. The highest BCUT2D eigenvalue weighted by molar-refractivity contribution is 7.53. The summed E-state index contributed by atoms with van der Waals surface area (Å²) in [5.41, 5.74) is 10.9. The number of ether oxygens (including phenoxy) is 2. The number of nitrogens with two attached hydrogens (primary N) is 2. The Morgan fingerprint density at radius 3 is 2.72 bits per heavy atom. The van der Waals surface area contributed by atoms with Crippen molar-refractivity contribution in [3.63, 3.8) is 0 Å². The summed E-state index contributed by atoms with van der Waals surface area (Å²) in [4.78, 5) is 35.7. The van der Waals surface area contributed by atoms with E-state index in [-0.39, 0.29) is 42.6 Å². The fourth-order valence-corrected chi connectivity index (χ4v) is 8.71. The maximum absolute atomic E-state index is 14.0. The van der Waals surface area contributed by atoms with Crippen LogP contribution in [0.3, 0.4) is 0 Å². The zero-order chi connectivity index (χ0) is 32.5. The predicted molar refractivity (Wildman–Crippen MR) is 159 cm³/mol. The SMILES string of the molecule is CO[C@H]1[C@H]2OP(C)(=O)OC[C@@]3(C)C[C@@H](n4cnc5c(N)ncnc54)[C@H](O)[C@@H]3O[PH](=O)OC[C@H]1O[C@H]2n1cnc2c(=O)[nH]c(N)nc21. The molecule has 22 heteroatoms. The van der Waals surface area contributed by atoms with E-state index in [0.717, 1.165) is 0 Å². The molecular weight excluding hydrogens is 650 g/mol. The summed E-state index contributed by atoms with van der Waals surface area (Å²) < 4.78 is 65.9. The molecule has 0 spiro atoms. The second-order valence-corrected chi connectivity index (χ2v) is 14.8. The van der Waals surface area contributed by atoms with Crippen molar-refractivity contribution in [3.8, 4) is 0 Å². The monoisotopic (exact) mass is 682 g/mol. The fourth-order valence-electron chi connectivity index (χ4n) is 6.45. The number of anilines is 2. The van der Waals surface area contributed by atoms with Crippen LogP contribution in [-0.4, -0.2) is 102 Å². The number of fused-ring (bicyclic) bond motifs is 5. The molecule has 2 bridgehead atoms. The van der Waals surface area contributed by atoms with E-state index in [4.69, 9.17) is 39.0 Å². The lowest BCUT2D eigenvalue weighted by molar-refractivity contribution is -0.0596. The smallest absolute Gasteiger partial charge is 0.328 e. The van der Waals surface area contributed by atoms with Crippen molar-refractivity contribution < 1.29 is 41.8 Å². The second-order valence-electron chi connectivity index (χ2n) is 11.8. The summed E-state index contributed by atoms with van der Waals surface area (Å²) >= 11 is 0. The van der Waals surface area contributed by atoms with Gasteiger partial charge in [0.05, 0.1) is 31.9 Å². The highest BCUT2D eigenvalue weighted by Crippen LogP contribution is 2.56. The number of aromatic amines is 1. The molecule has 0 amide bonds. The number of nitrogens with zero attached hydrogens (tertiary/aromatic N) is 7. The molecule has 2 saturated heterocycles. The van der Waals surface area contributed by atoms with E-state index in [1.54, 1.807) is 11.5 Å². The topological polar surface area (TPSA) is 269 Å². The van der Waals surface area contributed by atoms with Crippen molar-refractivity contribution in [1.29, 1.82) is 0 Å². The van der Waals surface area contributed by atoms with Crippen LogP contribution in [0.1, 0.15) is 25.6 Å². The number of hydrogen-bond donors (Lipinski definition) is 4. The van der Waals surface area contributed by atoms with Crippen LogP contribution >= 0.6 is 15.9 Å². The van der Waals surface area contributed by atoms with Crippen LogP contribution in [0.5, 0.6) is 0 Å². The number of aliphatic hydroxyl groups excluding tert-OH is 1. The van der Waals surface area contributed by atoms with E-state index in [1.807, 2.05) is 0 Å². The Bertz CT molecular complexity index is 1940. The second kappa shape index (κ2) is 11.4. The molecule has 20 nitrogen and oxygen atoms in total. The Morgan fingerprint density at radius 1 is 1.17 bits per heavy atom. The van der Waals surface area contributed by atoms with Gasteiger partial charge in [-0.15, -0.1) is 0 Å². The van der Waals surface area contributed by atoms with E-state index in [1.165, 1.54) is 37.3 Å². The van der Waals surface area contributed by atoms with Crippen LogP contribution in [0.2, 0.25) is 0 Å². The summed E-state index contributed by atoms with van der Waals surface area (Å²) in [6.07, 6.45) is -2.07. The Morgan fingerprint density at radius 2 is 1.93 bits per heavy atom. The van der Waals surface area contributed by atoms with E-state index < -0.39 is 69.6 Å². The van der Waals surface area contributed by atoms with Gasteiger partial charge in [-0.05, 0) is 6.42 Å². The molecule has 10 atom stereocenters.